The van der Waals surface area contributed by atoms with Crippen LogP contribution in [0.2, 0.25) is 0 Å². The van der Waals surface area contributed by atoms with Crippen molar-refractivity contribution in [1.82, 2.24) is 0 Å². The van der Waals surface area contributed by atoms with E-state index in [0.717, 1.165) is 18.6 Å². The summed E-state index contributed by atoms with van der Waals surface area (Å²) in [6.45, 7) is 3.64. The Hall–Kier alpha value is -0.790. The minimum absolute atomic E-state index is 0.173. The topological polar surface area (TPSA) is 32.6 Å². The molecule has 0 aromatic carbocycles. The van der Waals surface area contributed by atoms with Gasteiger partial charge in [0.2, 0.25) is 0 Å². The molecule has 1 aliphatic rings. The molecular formula is C15H27NO. The normalized spacial score (nSPS) is 21.8. The van der Waals surface area contributed by atoms with E-state index in [4.69, 9.17) is 0 Å². The van der Waals surface area contributed by atoms with Gasteiger partial charge in [-0.05, 0) is 12.8 Å². The fourth-order valence-electron chi connectivity index (χ4n) is 2.81. The second-order valence-corrected chi connectivity index (χ2v) is 5.16. The molecule has 0 aromatic heterocycles. The Balaban J connectivity index is 2.56. The van der Waals surface area contributed by atoms with E-state index in [1.54, 1.807) is 7.05 Å². The highest BCUT2D eigenvalue weighted by molar-refractivity contribution is 5.99. The minimum atomic E-state index is 0.173. The number of aliphatic hydroxyl groups is 1. The standard InChI is InChI=1S/C15H27NO/c1-13(17)15(16-2)14-11-9-7-5-3-4-6-8-10-12-14/h14,17H,1,3-12H2,2H3. The van der Waals surface area contributed by atoms with Crippen molar-refractivity contribution >= 4 is 5.71 Å². The minimum Gasteiger partial charge on any atom is -0.507 e. The van der Waals surface area contributed by atoms with E-state index in [1.165, 1.54) is 51.4 Å². The molecule has 1 rings (SSSR count). The third-order valence-electron chi connectivity index (χ3n) is 3.78. The maximum Gasteiger partial charge on any atom is 0.129 e. The number of hydrogen-bond donors (Lipinski definition) is 1. The molecule has 0 saturated heterocycles. The fraction of sp³-hybridized carbons (Fsp3) is 0.800. The van der Waals surface area contributed by atoms with Crippen LogP contribution in [0.3, 0.4) is 0 Å². The van der Waals surface area contributed by atoms with Gasteiger partial charge < -0.3 is 5.11 Å². The van der Waals surface area contributed by atoms with Crippen molar-refractivity contribution < 1.29 is 5.11 Å². The summed E-state index contributed by atoms with van der Waals surface area (Å²) in [4.78, 5) is 4.23. The molecule has 0 aliphatic heterocycles. The molecule has 0 bridgehead atoms. The molecule has 0 amide bonds. The smallest absolute Gasteiger partial charge is 0.129 e. The Morgan fingerprint density at radius 3 is 1.71 bits per heavy atom. The highest BCUT2D eigenvalue weighted by Crippen LogP contribution is 2.24. The van der Waals surface area contributed by atoms with E-state index < -0.39 is 0 Å². The van der Waals surface area contributed by atoms with Crippen LogP contribution in [0.5, 0.6) is 0 Å². The van der Waals surface area contributed by atoms with E-state index in [9.17, 15) is 5.11 Å². The molecule has 0 radical (unpaired) electrons. The predicted octanol–water partition coefficient (Wildman–Crippen LogP) is 4.66. The van der Waals surface area contributed by atoms with E-state index in [1.807, 2.05) is 0 Å². The summed E-state index contributed by atoms with van der Waals surface area (Å²) in [5.74, 6) is 0.600. The van der Waals surface area contributed by atoms with Gasteiger partial charge in [0.25, 0.3) is 0 Å². The maximum absolute atomic E-state index is 9.58. The molecular weight excluding hydrogens is 210 g/mol. The zero-order valence-electron chi connectivity index (χ0n) is 11.2. The molecule has 1 fully saturated rings. The number of allylic oxidation sites excluding steroid dienone is 1. The van der Waals surface area contributed by atoms with E-state index >= 15 is 0 Å². The molecule has 0 atom stereocenters. The molecule has 2 nitrogen and oxygen atoms in total. The van der Waals surface area contributed by atoms with E-state index in [2.05, 4.69) is 11.6 Å². The first kappa shape index (κ1) is 14.3. The lowest BCUT2D eigenvalue weighted by Crippen LogP contribution is -2.17. The summed E-state index contributed by atoms with van der Waals surface area (Å²) in [6, 6.07) is 0. The van der Waals surface area contributed by atoms with Crippen LogP contribution in [0, 0.1) is 5.92 Å². The summed E-state index contributed by atoms with van der Waals surface area (Å²) >= 11 is 0. The monoisotopic (exact) mass is 237 g/mol. The maximum atomic E-state index is 9.58. The van der Waals surface area contributed by atoms with Gasteiger partial charge in [-0.3, -0.25) is 4.99 Å². The van der Waals surface area contributed by atoms with Crippen molar-refractivity contribution in [2.24, 2.45) is 10.9 Å². The lowest BCUT2D eigenvalue weighted by Gasteiger charge is -2.18. The van der Waals surface area contributed by atoms with Crippen molar-refractivity contribution in [1.29, 1.82) is 0 Å². The van der Waals surface area contributed by atoms with Crippen LogP contribution in [0.4, 0.5) is 0 Å². The number of rotatable bonds is 2. The number of hydrogen-bond acceptors (Lipinski definition) is 2. The summed E-state index contributed by atoms with van der Waals surface area (Å²) in [6.07, 6.45) is 13.0. The summed E-state index contributed by atoms with van der Waals surface area (Å²) in [5.41, 5.74) is 0.837. The molecule has 17 heavy (non-hydrogen) atoms. The van der Waals surface area contributed by atoms with Crippen LogP contribution in [-0.2, 0) is 0 Å². The third kappa shape index (κ3) is 5.38. The molecule has 0 heterocycles. The van der Waals surface area contributed by atoms with E-state index in [-0.39, 0.29) is 5.76 Å². The lowest BCUT2D eigenvalue weighted by molar-refractivity contribution is 0.427. The number of aliphatic hydroxyl groups excluding tert-OH is 1. The lowest BCUT2D eigenvalue weighted by atomic mass is 9.90. The quantitative estimate of drug-likeness (QED) is 0.550. The van der Waals surface area contributed by atoms with Gasteiger partial charge in [-0.15, -0.1) is 0 Å². The average molecular weight is 237 g/mol. The van der Waals surface area contributed by atoms with Gasteiger partial charge in [0, 0.05) is 13.0 Å². The molecule has 1 aliphatic carbocycles. The second kappa shape index (κ2) is 8.32. The third-order valence-corrected chi connectivity index (χ3v) is 3.78. The Morgan fingerprint density at radius 2 is 1.35 bits per heavy atom. The first-order chi connectivity index (χ1) is 8.25. The zero-order chi connectivity index (χ0) is 12.5. The number of aliphatic imine (C=N–C) groups is 1. The average Bonchev–Trinajstić information content (AvgIpc) is 2.35. The van der Waals surface area contributed by atoms with Crippen LogP contribution in [-0.4, -0.2) is 17.9 Å². The van der Waals surface area contributed by atoms with Gasteiger partial charge in [0.15, 0.2) is 0 Å². The highest BCUT2D eigenvalue weighted by Gasteiger charge is 2.17. The van der Waals surface area contributed by atoms with E-state index in [0.29, 0.717) is 5.92 Å². The van der Waals surface area contributed by atoms with Crippen molar-refractivity contribution in [3.05, 3.63) is 12.3 Å². The van der Waals surface area contributed by atoms with Gasteiger partial charge in [0.1, 0.15) is 5.76 Å². The largest absolute Gasteiger partial charge is 0.507 e. The molecule has 0 unspecified atom stereocenters. The van der Waals surface area contributed by atoms with Crippen molar-refractivity contribution in [3.63, 3.8) is 0 Å². The van der Waals surface area contributed by atoms with Crippen LogP contribution >= 0.6 is 0 Å². The fourth-order valence-corrected chi connectivity index (χ4v) is 2.81. The molecule has 1 N–H and O–H groups in total. The summed E-state index contributed by atoms with van der Waals surface area (Å²) in [5, 5.41) is 9.58. The van der Waals surface area contributed by atoms with Gasteiger partial charge in [-0.2, -0.15) is 0 Å². The predicted molar refractivity (Wildman–Crippen MR) is 74.8 cm³/mol. The first-order valence-electron chi connectivity index (χ1n) is 7.10. The number of nitrogens with zero attached hydrogens (tertiary/aromatic N) is 1. The van der Waals surface area contributed by atoms with Gasteiger partial charge in [0.05, 0.1) is 5.71 Å². The van der Waals surface area contributed by atoms with Gasteiger partial charge in [-0.1, -0.05) is 57.9 Å². The van der Waals surface area contributed by atoms with Crippen molar-refractivity contribution in [3.8, 4) is 0 Å². The first-order valence-corrected chi connectivity index (χ1v) is 7.10. The molecule has 1 saturated carbocycles. The van der Waals surface area contributed by atoms with Crippen LogP contribution < -0.4 is 0 Å². The Bertz CT molecular complexity index is 246. The van der Waals surface area contributed by atoms with Crippen molar-refractivity contribution in [2.75, 3.05) is 7.05 Å². The second-order valence-electron chi connectivity index (χ2n) is 5.16. The Labute approximate surface area is 106 Å². The summed E-state index contributed by atoms with van der Waals surface area (Å²) in [7, 11) is 1.77. The molecule has 0 spiro atoms. The molecule has 98 valence electrons. The molecule has 0 aromatic rings. The zero-order valence-corrected chi connectivity index (χ0v) is 11.2. The van der Waals surface area contributed by atoms with Gasteiger partial charge >= 0.3 is 0 Å². The van der Waals surface area contributed by atoms with Crippen molar-refractivity contribution in [2.45, 2.75) is 64.2 Å². The Kier molecular flexibility index (Phi) is 6.99. The molecule has 2 heteroatoms. The summed E-state index contributed by atoms with van der Waals surface area (Å²) < 4.78 is 0. The van der Waals surface area contributed by atoms with Crippen LogP contribution in [0.1, 0.15) is 64.2 Å². The van der Waals surface area contributed by atoms with Crippen LogP contribution in [0.15, 0.2) is 17.3 Å². The Morgan fingerprint density at radius 1 is 0.941 bits per heavy atom. The van der Waals surface area contributed by atoms with Crippen LogP contribution in [0.25, 0.3) is 0 Å². The highest BCUT2D eigenvalue weighted by atomic mass is 16.3. The SMILES string of the molecule is C=C(O)C(=NC)C1CCCCCCCCCC1. The van der Waals surface area contributed by atoms with Gasteiger partial charge in [-0.25, -0.2) is 0 Å².